The summed E-state index contributed by atoms with van der Waals surface area (Å²) < 4.78 is 50.2. The van der Waals surface area contributed by atoms with Crippen LogP contribution >= 0.6 is 24.8 Å². The third kappa shape index (κ3) is 5.77. The highest BCUT2D eigenvalue weighted by Crippen LogP contribution is 2.40. The topological polar surface area (TPSA) is 67.6 Å². The fraction of sp³-hybridized carbons (Fsp3) is 0.400. The van der Waals surface area contributed by atoms with Gasteiger partial charge in [0.05, 0.1) is 6.10 Å². The first kappa shape index (κ1) is 28.9. The minimum Gasteiger partial charge on any atom is -0.489 e. The second-order valence-electron chi connectivity index (χ2n) is 9.12. The largest absolute Gasteiger partial charge is 0.489 e. The third-order valence-electron chi connectivity index (χ3n) is 6.32. The Hall–Kier alpha value is -2.66. The molecule has 37 heavy (non-hydrogen) atoms. The number of nitrogens with zero attached hydrogens (tertiary/aromatic N) is 5. The Kier molecular flexibility index (Phi) is 8.89. The molecular formula is C25H29Cl2F3N6O. The van der Waals surface area contributed by atoms with Gasteiger partial charge in [0.2, 0.25) is 0 Å². The molecule has 1 aliphatic heterocycles. The Labute approximate surface area is 225 Å². The number of benzene rings is 1. The maximum Gasteiger partial charge on any atom is 0.408 e. The number of aromatic nitrogens is 4. The van der Waals surface area contributed by atoms with E-state index in [0.717, 1.165) is 5.39 Å². The van der Waals surface area contributed by atoms with Crippen molar-refractivity contribution in [3.63, 3.8) is 0 Å². The highest BCUT2D eigenvalue weighted by atomic mass is 35.5. The summed E-state index contributed by atoms with van der Waals surface area (Å²) >= 11 is 0. The van der Waals surface area contributed by atoms with E-state index >= 15 is 0 Å². The van der Waals surface area contributed by atoms with Crippen LogP contribution < -0.4 is 10.1 Å². The van der Waals surface area contributed by atoms with Gasteiger partial charge in [-0.25, -0.2) is 4.98 Å². The fourth-order valence-corrected chi connectivity index (χ4v) is 4.70. The Bertz CT molecular complexity index is 1360. The number of likely N-dealkylation sites (N-methyl/N-ethyl adjacent to an activating group) is 1. The van der Waals surface area contributed by atoms with Crippen molar-refractivity contribution in [1.82, 2.24) is 29.8 Å². The van der Waals surface area contributed by atoms with Crippen molar-refractivity contribution < 1.29 is 17.9 Å². The summed E-state index contributed by atoms with van der Waals surface area (Å²) in [6, 6.07) is 10.8. The average Bonchev–Trinajstić information content (AvgIpc) is 3.45. The van der Waals surface area contributed by atoms with Crippen LogP contribution in [0.1, 0.15) is 31.9 Å². The third-order valence-corrected chi connectivity index (χ3v) is 6.32. The van der Waals surface area contributed by atoms with Crippen LogP contribution in [0.2, 0.25) is 0 Å². The van der Waals surface area contributed by atoms with Gasteiger partial charge in [-0.3, -0.25) is 9.30 Å². The molecule has 4 heterocycles. The molecule has 2 atom stereocenters. The summed E-state index contributed by atoms with van der Waals surface area (Å²) in [6.45, 7) is 4.57. The molecule has 1 saturated heterocycles. The molecule has 4 aromatic rings. The number of hydrogen-bond donors (Lipinski definition) is 1. The zero-order valence-electron chi connectivity index (χ0n) is 20.6. The van der Waals surface area contributed by atoms with Crippen molar-refractivity contribution in [2.75, 3.05) is 20.1 Å². The van der Waals surface area contributed by atoms with Crippen molar-refractivity contribution in [2.45, 2.75) is 44.6 Å². The molecule has 3 aromatic heterocycles. The van der Waals surface area contributed by atoms with Crippen molar-refractivity contribution in [3.05, 3.63) is 54.2 Å². The zero-order valence-corrected chi connectivity index (χ0v) is 22.2. The second kappa shape index (κ2) is 11.4. The van der Waals surface area contributed by atoms with E-state index in [2.05, 4.69) is 15.5 Å². The number of ether oxygens (including phenoxy) is 1. The first-order valence-corrected chi connectivity index (χ1v) is 11.6. The Balaban J connectivity index is 0.00000190. The van der Waals surface area contributed by atoms with Gasteiger partial charge < -0.3 is 10.1 Å². The molecular weight excluding hydrogens is 528 g/mol. The summed E-state index contributed by atoms with van der Waals surface area (Å²) in [7, 11) is 1.78. The highest BCUT2D eigenvalue weighted by molar-refractivity contribution is 5.86. The van der Waals surface area contributed by atoms with E-state index in [9.17, 15) is 13.2 Å². The number of fused-ring (bicyclic) bond motifs is 2. The maximum atomic E-state index is 14.2. The van der Waals surface area contributed by atoms with Gasteiger partial charge in [-0.1, -0.05) is 24.3 Å². The lowest BCUT2D eigenvalue weighted by atomic mass is 10.1. The number of para-hydroxylation sites is 1. The second-order valence-corrected chi connectivity index (χ2v) is 9.12. The summed E-state index contributed by atoms with van der Waals surface area (Å²) in [5, 5.41) is 12.4. The molecule has 0 unspecified atom stereocenters. The number of alkyl halides is 3. The molecule has 0 saturated carbocycles. The van der Waals surface area contributed by atoms with Crippen LogP contribution in [0.5, 0.6) is 5.75 Å². The summed E-state index contributed by atoms with van der Waals surface area (Å²) in [4.78, 5) is 6.24. The van der Waals surface area contributed by atoms with Crippen LogP contribution in [0.25, 0.3) is 28.1 Å². The van der Waals surface area contributed by atoms with Gasteiger partial charge in [-0.15, -0.1) is 35.0 Å². The molecule has 1 fully saturated rings. The number of nitrogens with one attached hydrogen (secondary N) is 1. The predicted octanol–water partition coefficient (Wildman–Crippen LogP) is 5.47. The van der Waals surface area contributed by atoms with Gasteiger partial charge >= 0.3 is 6.18 Å². The quantitative estimate of drug-likeness (QED) is 0.339. The Morgan fingerprint density at radius 1 is 1.05 bits per heavy atom. The molecule has 1 aromatic carbocycles. The van der Waals surface area contributed by atoms with Gasteiger partial charge in [0.25, 0.3) is 0 Å². The van der Waals surface area contributed by atoms with E-state index < -0.39 is 12.2 Å². The van der Waals surface area contributed by atoms with E-state index in [1.165, 1.54) is 17.2 Å². The SMILES string of the molecule is CN[C@H]1CCN([C@H](c2ccc3nnc(-c4ccc5cccc(OC(C)C)c5n4)n3c2)C(F)(F)F)C1.Cl.Cl. The van der Waals surface area contributed by atoms with E-state index in [1.807, 2.05) is 38.1 Å². The fourth-order valence-electron chi connectivity index (χ4n) is 4.70. The van der Waals surface area contributed by atoms with Crippen molar-refractivity contribution in [3.8, 4) is 17.3 Å². The Morgan fingerprint density at radius 2 is 1.84 bits per heavy atom. The number of pyridine rings is 2. The van der Waals surface area contributed by atoms with Crippen LogP contribution in [0.4, 0.5) is 13.2 Å². The molecule has 1 N–H and O–H groups in total. The first-order chi connectivity index (χ1) is 16.7. The maximum absolute atomic E-state index is 14.2. The first-order valence-electron chi connectivity index (χ1n) is 11.6. The smallest absolute Gasteiger partial charge is 0.408 e. The molecule has 0 amide bonds. The summed E-state index contributed by atoms with van der Waals surface area (Å²) in [5.74, 6) is 1.01. The number of likely N-dealkylation sites (tertiary alicyclic amines) is 1. The van der Waals surface area contributed by atoms with Crippen molar-refractivity contribution in [2.24, 2.45) is 0 Å². The van der Waals surface area contributed by atoms with Crippen molar-refractivity contribution >= 4 is 41.4 Å². The van der Waals surface area contributed by atoms with Gasteiger partial charge in [-0.05, 0) is 51.1 Å². The lowest BCUT2D eigenvalue weighted by Gasteiger charge is -2.30. The minimum atomic E-state index is -4.42. The van der Waals surface area contributed by atoms with E-state index in [1.54, 1.807) is 23.6 Å². The average molecular weight is 557 g/mol. The number of halogens is 5. The van der Waals surface area contributed by atoms with E-state index in [4.69, 9.17) is 9.72 Å². The molecule has 0 spiro atoms. The standard InChI is InChI=1S/C25H27F3N6O.2ClH/c1-15(2)35-20-6-4-5-16-7-9-19(30-22(16)20)24-32-31-21-10-8-17(13-34(21)24)23(25(26,27)28)33-12-11-18(14-33)29-3;;/h4-10,13,15,18,23,29H,11-12,14H2,1-3H3;2*1H/t18-,23+;;/m0../s1. The molecule has 0 aliphatic carbocycles. The monoisotopic (exact) mass is 556 g/mol. The Morgan fingerprint density at radius 3 is 2.51 bits per heavy atom. The molecule has 200 valence electrons. The number of hydrogen-bond acceptors (Lipinski definition) is 6. The van der Waals surface area contributed by atoms with Gasteiger partial charge in [0.15, 0.2) is 11.5 Å². The lowest BCUT2D eigenvalue weighted by Crippen LogP contribution is -2.39. The molecule has 0 bridgehead atoms. The van der Waals surface area contributed by atoms with Crippen LogP contribution in [0.15, 0.2) is 48.7 Å². The van der Waals surface area contributed by atoms with E-state index in [-0.39, 0.29) is 42.5 Å². The van der Waals surface area contributed by atoms with Gasteiger partial charge in [0, 0.05) is 30.7 Å². The molecule has 1 aliphatic rings. The minimum absolute atomic E-state index is 0. The van der Waals surface area contributed by atoms with Crippen LogP contribution in [-0.4, -0.2) is 62.9 Å². The van der Waals surface area contributed by atoms with Crippen LogP contribution in [0.3, 0.4) is 0 Å². The van der Waals surface area contributed by atoms with Gasteiger partial charge in [-0.2, -0.15) is 13.2 Å². The summed E-state index contributed by atoms with van der Waals surface area (Å²) in [6.07, 6.45) is -2.30. The van der Waals surface area contributed by atoms with Gasteiger partial charge in [0.1, 0.15) is 23.0 Å². The van der Waals surface area contributed by atoms with E-state index in [0.29, 0.717) is 47.9 Å². The molecule has 0 radical (unpaired) electrons. The molecule has 7 nitrogen and oxygen atoms in total. The zero-order chi connectivity index (χ0) is 24.7. The lowest BCUT2D eigenvalue weighted by molar-refractivity contribution is -0.184. The summed E-state index contributed by atoms with van der Waals surface area (Å²) in [5.41, 5.74) is 1.76. The molecule has 12 heteroatoms. The van der Waals surface area contributed by atoms with Crippen LogP contribution in [0, 0.1) is 0 Å². The molecule has 5 rings (SSSR count). The predicted molar refractivity (Wildman–Crippen MR) is 142 cm³/mol. The number of rotatable bonds is 6. The highest BCUT2D eigenvalue weighted by Gasteiger charge is 2.46. The normalized spacial score (nSPS) is 17.1. The van der Waals surface area contributed by atoms with Crippen molar-refractivity contribution in [1.29, 1.82) is 0 Å². The van der Waals surface area contributed by atoms with Crippen LogP contribution in [-0.2, 0) is 0 Å².